The minimum atomic E-state index is -0.955. The average Bonchev–Trinajstić information content (AvgIpc) is 2.48. The summed E-state index contributed by atoms with van der Waals surface area (Å²) >= 11 is 0. The normalized spacial score (nSPS) is 11.1. The van der Waals surface area contributed by atoms with Gasteiger partial charge in [0.15, 0.2) is 0 Å². The molecule has 0 aromatic heterocycles. The molecular weight excluding hydrogens is 277 g/mol. The number of carbonyl (C=O) groups is 2. The second-order valence-electron chi connectivity index (χ2n) is 4.51. The number of carbonyl (C=O) groups excluding carboxylic acids is 2. The fraction of sp³-hybridized carbons (Fsp3) is 0.333. The van der Waals surface area contributed by atoms with Crippen LogP contribution in [0, 0.1) is 5.82 Å². The Labute approximate surface area is 122 Å². The number of aryl methyl sites for hydroxylation is 1. The highest BCUT2D eigenvalue weighted by molar-refractivity contribution is 5.96. The summed E-state index contributed by atoms with van der Waals surface area (Å²) in [5.41, 5.74) is 0.977. The molecule has 0 unspecified atom stereocenters. The molecule has 5 nitrogen and oxygen atoms in total. The highest BCUT2D eigenvalue weighted by Crippen LogP contribution is 2.06. The smallest absolute Gasteiger partial charge is 0.373 e. The number of methoxy groups -OCH3 is 1. The third-order valence-corrected chi connectivity index (χ3v) is 2.90. The summed E-state index contributed by atoms with van der Waals surface area (Å²) in [4.78, 5) is 24.0. The zero-order valence-electron chi connectivity index (χ0n) is 12.0. The molecule has 1 N–H and O–H groups in total. The largest absolute Gasteiger partial charge is 0.502 e. The van der Waals surface area contributed by atoms with E-state index in [-0.39, 0.29) is 5.82 Å². The summed E-state index contributed by atoms with van der Waals surface area (Å²) in [6.07, 6.45) is 2.20. The fourth-order valence-corrected chi connectivity index (χ4v) is 1.67. The fourth-order valence-electron chi connectivity index (χ4n) is 1.67. The van der Waals surface area contributed by atoms with Crippen molar-refractivity contribution in [1.29, 1.82) is 0 Å². The zero-order chi connectivity index (χ0) is 15.8. The Morgan fingerprint density at radius 3 is 2.52 bits per heavy atom. The number of aliphatic hydroxyl groups is 1. The Morgan fingerprint density at radius 2 is 1.95 bits per heavy atom. The lowest BCUT2D eigenvalue weighted by molar-refractivity contribution is -0.139. The number of hydrogen-bond acceptors (Lipinski definition) is 4. The summed E-state index contributed by atoms with van der Waals surface area (Å²) in [6.45, 7) is 0.446. The van der Waals surface area contributed by atoms with Crippen LogP contribution >= 0.6 is 0 Å². The maximum absolute atomic E-state index is 12.7. The minimum absolute atomic E-state index is 0.283. The molecule has 1 aromatic rings. The number of aliphatic hydroxyl groups excluding tert-OH is 1. The van der Waals surface area contributed by atoms with Crippen LogP contribution in [0.4, 0.5) is 4.39 Å². The van der Waals surface area contributed by atoms with Crippen molar-refractivity contribution in [3.05, 3.63) is 47.5 Å². The van der Waals surface area contributed by atoms with Gasteiger partial charge in [-0.25, -0.2) is 9.18 Å². The molecule has 0 bridgehead atoms. The van der Waals surface area contributed by atoms with Crippen LogP contribution in [0.3, 0.4) is 0 Å². The number of halogens is 1. The van der Waals surface area contributed by atoms with Gasteiger partial charge < -0.3 is 14.7 Å². The quantitative estimate of drug-likeness (QED) is 0.494. The van der Waals surface area contributed by atoms with Crippen LogP contribution < -0.4 is 0 Å². The van der Waals surface area contributed by atoms with Gasteiger partial charge in [-0.05, 0) is 30.5 Å². The molecule has 0 atom stereocenters. The van der Waals surface area contributed by atoms with E-state index in [1.54, 1.807) is 19.2 Å². The standard InChI is InChI=1S/C15H18FNO4/c1-17(14(19)10-13(18)15(20)21-2)9-3-4-11-5-7-12(16)8-6-11/h5-8,10,18H,3-4,9H2,1-2H3/b13-10-. The van der Waals surface area contributed by atoms with Crippen molar-refractivity contribution in [1.82, 2.24) is 4.90 Å². The lowest BCUT2D eigenvalue weighted by Crippen LogP contribution is -2.27. The molecule has 0 aliphatic heterocycles. The van der Waals surface area contributed by atoms with E-state index in [2.05, 4.69) is 4.74 Å². The Bertz CT molecular complexity index is 525. The highest BCUT2D eigenvalue weighted by atomic mass is 19.1. The lowest BCUT2D eigenvalue weighted by Gasteiger charge is -2.15. The van der Waals surface area contributed by atoms with Crippen LogP contribution in [0.1, 0.15) is 12.0 Å². The predicted molar refractivity (Wildman–Crippen MR) is 75.1 cm³/mol. The maximum atomic E-state index is 12.7. The Morgan fingerprint density at radius 1 is 1.33 bits per heavy atom. The van der Waals surface area contributed by atoms with Crippen LogP contribution in [-0.4, -0.2) is 42.6 Å². The summed E-state index contributed by atoms with van der Waals surface area (Å²) in [7, 11) is 2.68. The van der Waals surface area contributed by atoms with Crippen LogP contribution in [0.15, 0.2) is 36.1 Å². The Hall–Kier alpha value is -2.37. The number of amides is 1. The van der Waals surface area contributed by atoms with Crippen molar-refractivity contribution >= 4 is 11.9 Å². The van der Waals surface area contributed by atoms with E-state index >= 15 is 0 Å². The van der Waals surface area contributed by atoms with Crippen molar-refractivity contribution in [2.45, 2.75) is 12.8 Å². The van der Waals surface area contributed by atoms with Crippen molar-refractivity contribution in [3.8, 4) is 0 Å². The molecule has 0 saturated carbocycles. The summed E-state index contributed by atoms with van der Waals surface area (Å²) in [6, 6.07) is 6.17. The monoisotopic (exact) mass is 295 g/mol. The first-order valence-corrected chi connectivity index (χ1v) is 6.42. The number of ether oxygens (including phenoxy) is 1. The van der Waals surface area contributed by atoms with E-state index in [1.165, 1.54) is 17.0 Å². The van der Waals surface area contributed by atoms with Crippen LogP contribution in [0.2, 0.25) is 0 Å². The molecule has 1 rings (SSSR count). The molecule has 0 spiro atoms. The number of likely N-dealkylation sites (N-methyl/N-ethyl adjacent to an activating group) is 1. The first kappa shape index (κ1) is 16.7. The van der Waals surface area contributed by atoms with Gasteiger partial charge in [0, 0.05) is 13.6 Å². The molecule has 0 saturated heterocycles. The third kappa shape index (κ3) is 5.64. The predicted octanol–water partition coefficient (Wildman–Crippen LogP) is 1.83. The summed E-state index contributed by atoms with van der Waals surface area (Å²) in [5, 5.41) is 9.27. The van der Waals surface area contributed by atoms with Gasteiger partial charge in [-0.1, -0.05) is 12.1 Å². The molecule has 0 aliphatic rings. The molecule has 0 aliphatic carbocycles. The van der Waals surface area contributed by atoms with E-state index in [4.69, 9.17) is 0 Å². The van der Waals surface area contributed by atoms with Gasteiger partial charge in [-0.15, -0.1) is 0 Å². The molecule has 1 aromatic carbocycles. The van der Waals surface area contributed by atoms with Crippen molar-refractivity contribution in [2.24, 2.45) is 0 Å². The molecule has 1 amide bonds. The van der Waals surface area contributed by atoms with Gasteiger partial charge in [0.2, 0.25) is 11.7 Å². The average molecular weight is 295 g/mol. The van der Waals surface area contributed by atoms with Crippen molar-refractivity contribution in [2.75, 3.05) is 20.7 Å². The number of nitrogens with zero attached hydrogens (tertiary/aromatic N) is 1. The minimum Gasteiger partial charge on any atom is -0.502 e. The molecule has 0 heterocycles. The first-order chi connectivity index (χ1) is 9.93. The molecule has 6 heteroatoms. The highest BCUT2D eigenvalue weighted by Gasteiger charge is 2.12. The Balaban J connectivity index is 2.42. The molecule has 0 radical (unpaired) electrons. The van der Waals surface area contributed by atoms with Crippen LogP contribution in [-0.2, 0) is 20.7 Å². The summed E-state index contributed by atoms with van der Waals surface area (Å²) < 4.78 is 17.0. The van der Waals surface area contributed by atoms with E-state index in [0.717, 1.165) is 18.7 Å². The molecule has 21 heavy (non-hydrogen) atoms. The van der Waals surface area contributed by atoms with E-state index in [0.29, 0.717) is 19.4 Å². The summed E-state index contributed by atoms with van der Waals surface area (Å²) in [5.74, 6) is -2.46. The first-order valence-electron chi connectivity index (χ1n) is 6.42. The van der Waals surface area contributed by atoms with Gasteiger partial charge >= 0.3 is 5.97 Å². The SMILES string of the molecule is COC(=O)/C(O)=C/C(=O)N(C)CCCc1ccc(F)cc1. The maximum Gasteiger partial charge on any atom is 0.373 e. The molecule has 114 valence electrons. The number of benzene rings is 1. The second kappa shape index (κ2) is 8.04. The number of rotatable bonds is 6. The Kier molecular flexibility index (Phi) is 6.39. The third-order valence-electron chi connectivity index (χ3n) is 2.90. The second-order valence-corrected chi connectivity index (χ2v) is 4.51. The van der Waals surface area contributed by atoms with Crippen LogP contribution in [0.25, 0.3) is 0 Å². The van der Waals surface area contributed by atoms with Crippen molar-refractivity contribution in [3.63, 3.8) is 0 Å². The topological polar surface area (TPSA) is 66.8 Å². The molecular formula is C15H18FNO4. The van der Waals surface area contributed by atoms with Gasteiger partial charge in [0.25, 0.3) is 0 Å². The van der Waals surface area contributed by atoms with Crippen molar-refractivity contribution < 1.29 is 23.8 Å². The van der Waals surface area contributed by atoms with E-state index in [1.807, 2.05) is 0 Å². The molecule has 0 fully saturated rings. The zero-order valence-corrected chi connectivity index (χ0v) is 12.0. The van der Waals surface area contributed by atoms with E-state index < -0.39 is 17.6 Å². The van der Waals surface area contributed by atoms with E-state index in [9.17, 15) is 19.1 Å². The van der Waals surface area contributed by atoms with Gasteiger partial charge in [-0.2, -0.15) is 0 Å². The number of esters is 1. The lowest BCUT2D eigenvalue weighted by atomic mass is 10.1. The van der Waals surface area contributed by atoms with Gasteiger partial charge in [-0.3, -0.25) is 4.79 Å². The van der Waals surface area contributed by atoms with Gasteiger partial charge in [0.1, 0.15) is 5.82 Å². The number of hydrogen-bond donors (Lipinski definition) is 1. The van der Waals surface area contributed by atoms with Crippen LogP contribution in [0.5, 0.6) is 0 Å². The van der Waals surface area contributed by atoms with Gasteiger partial charge in [0.05, 0.1) is 13.2 Å².